The van der Waals surface area contributed by atoms with Gasteiger partial charge in [0, 0.05) is 10.9 Å². The van der Waals surface area contributed by atoms with Crippen molar-refractivity contribution in [2.24, 2.45) is 17.8 Å². The number of fused-ring (bicyclic) bond motifs is 3. The lowest BCUT2D eigenvalue weighted by atomic mass is 9.84. The van der Waals surface area contributed by atoms with E-state index in [9.17, 15) is 4.79 Å². The minimum atomic E-state index is 0.0515. The number of hydrogen-bond donors (Lipinski definition) is 2. The second-order valence-electron chi connectivity index (χ2n) is 7.95. The molecule has 2 fully saturated rings. The van der Waals surface area contributed by atoms with Gasteiger partial charge >= 0.3 is 0 Å². The predicted octanol–water partition coefficient (Wildman–Crippen LogP) is 3.91. The van der Waals surface area contributed by atoms with E-state index < -0.39 is 0 Å². The van der Waals surface area contributed by atoms with Gasteiger partial charge in [-0.25, -0.2) is 9.97 Å². The zero-order chi connectivity index (χ0) is 18.3. The number of carbonyl (C=O) groups is 1. The molecule has 4 unspecified atom stereocenters. The minimum Gasteiger partial charge on any atom is -0.360 e. The van der Waals surface area contributed by atoms with Crippen LogP contribution in [0.1, 0.15) is 50.2 Å². The van der Waals surface area contributed by atoms with Gasteiger partial charge in [0.2, 0.25) is 5.91 Å². The average Bonchev–Trinajstić information content (AvgIpc) is 3.33. The molecule has 2 aromatic rings. The lowest BCUT2D eigenvalue weighted by Gasteiger charge is -2.28. The first-order valence-corrected chi connectivity index (χ1v) is 10.7. The van der Waals surface area contributed by atoms with Gasteiger partial charge in [0.15, 0.2) is 0 Å². The monoisotopic (exact) mass is 372 g/mol. The maximum Gasteiger partial charge on any atom is 0.239 e. The van der Waals surface area contributed by atoms with Gasteiger partial charge < -0.3 is 10.6 Å². The predicted molar refractivity (Wildman–Crippen MR) is 107 cm³/mol. The molecule has 2 aromatic heterocycles. The highest BCUT2D eigenvalue weighted by molar-refractivity contribution is 7.18. The molecule has 1 amide bonds. The summed E-state index contributed by atoms with van der Waals surface area (Å²) in [5.74, 6) is 3.95. The van der Waals surface area contributed by atoms with Crippen molar-refractivity contribution in [3.63, 3.8) is 0 Å². The van der Waals surface area contributed by atoms with Crippen LogP contribution in [0.5, 0.6) is 0 Å². The van der Waals surface area contributed by atoms with Gasteiger partial charge in [-0.2, -0.15) is 0 Å². The van der Waals surface area contributed by atoms with Gasteiger partial charge in [0.25, 0.3) is 0 Å². The third kappa shape index (κ3) is 3.43. The van der Waals surface area contributed by atoms with Crippen LogP contribution in [0.4, 0.5) is 5.82 Å². The smallest absolute Gasteiger partial charge is 0.239 e. The molecule has 6 heteroatoms. The summed E-state index contributed by atoms with van der Waals surface area (Å²) in [4.78, 5) is 23.8. The molecular formula is C20H28N4OS. The molecule has 4 rings (SSSR count). The number of anilines is 1. The van der Waals surface area contributed by atoms with Crippen molar-refractivity contribution in [1.82, 2.24) is 15.3 Å². The number of nitrogens with one attached hydrogen (secondary N) is 2. The zero-order valence-corrected chi connectivity index (χ0v) is 16.7. The largest absolute Gasteiger partial charge is 0.360 e. The van der Waals surface area contributed by atoms with E-state index in [-0.39, 0.29) is 18.5 Å². The lowest BCUT2D eigenvalue weighted by molar-refractivity contribution is -0.120. The van der Waals surface area contributed by atoms with Crippen LogP contribution in [0.3, 0.4) is 0 Å². The van der Waals surface area contributed by atoms with Crippen LogP contribution in [-0.2, 0) is 11.2 Å². The Morgan fingerprint density at radius 3 is 2.88 bits per heavy atom. The second-order valence-corrected chi connectivity index (χ2v) is 9.07. The Morgan fingerprint density at radius 2 is 2.19 bits per heavy atom. The standard InChI is InChI=1S/C20H28N4OS/c1-4-15-9-17-19(23-12(3)24-20(17)26-15)21-10-18(25)22-11(2)16-8-13-5-6-14(16)7-13/h9,11,13-14,16H,4-8,10H2,1-3H3,(H,22,25)(H,21,23,24). The van der Waals surface area contributed by atoms with Gasteiger partial charge in [-0.3, -0.25) is 4.79 Å². The van der Waals surface area contributed by atoms with E-state index in [1.807, 2.05) is 6.92 Å². The van der Waals surface area contributed by atoms with E-state index in [0.29, 0.717) is 5.92 Å². The fraction of sp³-hybridized carbons (Fsp3) is 0.650. The summed E-state index contributed by atoms with van der Waals surface area (Å²) < 4.78 is 0. The van der Waals surface area contributed by atoms with Crippen molar-refractivity contribution >= 4 is 33.3 Å². The van der Waals surface area contributed by atoms with Crippen LogP contribution < -0.4 is 10.6 Å². The maximum absolute atomic E-state index is 12.5. The van der Waals surface area contributed by atoms with Crippen LogP contribution in [0.25, 0.3) is 10.2 Å². The molecule has 0 aromatic carbocycles. The molecule has 2 N–H and O–H groups in total. The third-order valence-corrected chi connectivity index (χ3v) is 7.32. The number of amides is 1. The zero-order valence-electron chi connectivity index (χ0n) is 15.8. The molecule has 2 aliphatic carbocycles. The molecule has 2 bridgehead atoms. The lowest BCUT2D eigenvalue weighted by Crippen LogP contribution is -2.42. The highest BCUT2D eigenvalue weighted by Gasteiger charge is 2.42. The number of rotatable bonds is 6. The number of hydrogen-bond acceptors (Lipinski definition) is 5. The molecular weight excluding hydrogens is 344 g/mol. The van der Waals surface area contributed by atoms with Crippen LogP contribution in [0.2, 0.25) is 0 Å². The van der Waals surface area contributed by atoms with Crippen molar-refractivity contribution in [2.75, 3.05) is 11.9 Å². The van der Waals surface area contributed by atoms with Crippen LogP contribution in [-0.4, -0.2) is 28.5 Å². The Morgan fingerprint density at radius 1 is 1.35 bits per heavy atom. The topological polar surface area (TPSA) is 66.9 Å². The molecule has 4 atom stereocenters. The van der Waals surface area contributed by atoms with Crippen molar-refractivity contribution in [1.29, 1.82) is 0 Å². The molecule has 5 nitrogen and oxygen atoms in total. The van der Waals surface area contributed by atoms with Crippen molar-refractivity contribution in [2.45, 2.75) is 58.9 Å². The summed E-state index contributed by atoms with van der Waals surface area (Å²) >= 11 is 1.70. The van der Waals surface area contributed by atoms with Gasteiger partial charge in [-0.1, -0.05) is 13.3 Å². The Bertz CT molecular complexity index is 817. The Labute approximate surface area is 159 Å². The van der Waals surface area contributed by atoms with E-state index in [4.69, 9.17) is 0 Å². The van der Waals surface area contributed by atoms with Crippen LogP contribution in [0.15, 0.2) is 6.07 Å². The molecule has 26 heavy (non-hydrogen) atoms. The van der Waals surface area contributed by atoms with Gasteiger partial charge in [0.1, 0.15) is 16.5 Å². The summed E-state index contributed by atoms with van der Waals surface area (Å²) in [5.41, 5.74) is 0. The van der Waals surface area contributed by atoms with Crippen molar-refractivity contribution < 1.29 is 4.79 Å². The molecule has 2 aliphatic rings. The molecule has 0 aliphatic heterocycles. The van der Waals surface area contributed by atoms with E-state index in [2.05, 4.69) is 40.5 Å². The highest BCUT2D eigenvalue weighted by atomic mass is 32.1. The Balaban J connectivity index is 1.38. The summed E-state index contributed by atoms with van der Waals surface area (Å²) in [5, 5.41) is 7.47. The number of carbonyl (C=O) groups excluding carboxylic acids is 1. The highest BCUT2D eigenvalue weighted by Crippen LogP contribution is 2.49. The minimum absolute atomic E-state index is 0.0515. The molecule has 2 heterocycles. The molecule has 0 radical (unpaired) electrons. The summed E-state index contributed by atoms with van der Waals surface area (Å²) in [6.45, 7) is 6.46. The van der Waals surface area contributed by atoms with Crippen molar-refractivity contribution in [3.05, 3.63) is 16.8 Å². The number of thiophene rings is 1. The Hall–Kier alpha value is -1.69. The van der Waals surface area contributed by atoms with Gasteiger partial charge in [-0.05, 0) is 63.4 Å². The van der Waals surface area contributed by atoms with Crippen LogP contribution in [0, 0.1) is 24.7 Å². The fourth-order valence-electron chi connectivity index (χ4n) is 4.87. The van der Waals surface area contributed by atoms with E-state index >= 15 is 0 Å². The molecule has 2 saturated carbocycles. The summed E-state index contributed by atoms with van der Waals surface area (Å²) in [7, 11) is 0. The van der Waals surface area contributed by atoms with Crippen molar-refractivity contribution in [3.8, 4) is 0 Å². The van der Waals surface area contributed by atoms with E-state index in [1.165, 1.54) is 30.6 Å². The summed E-state index contributed by atoms with van der Waals surface area (Å²) in [6.07, 6.45) is 6.40. The maximum atomic E-state index is 12.5. The first kappa shape index (κ1) is 17.7. The van der Waals surface area contributed by atoms with E-state index in [1.54, 1.807) is 11.3 Å². The first-order chi connectivity index (χ1) is 12.5. The number of aryl methyl sites for hydroxylation is 2. The third-order valence-electron chi connectivity index (χ3n) is 6.14. The fourth-order valence-corrected chi connectivity index (χ4v) is 5.88. The first-order valence-electron chi connectivity index (χ1n) is 9.83. The summed E-state index contributed by atoms with van der Waals surface area (Å²) in [6, 6.07) is 2.40. The Kier molecular flexibility index (Phi) is 4.86. The quantitative estimate of drug-likeness (QED) is 0.807. The van der Waals surface area contributed by atoms with E-state index in [0.717, 1.165) is 40.1 Å². The molecule has 0 saturated heterocycles. The van der Waals surface area contributed by atoms with Gasteiger partial charge in [-0.15, -0.1) is 11.3 Å². The second kappa shape index (κ2) is 7.14. The number of nitrogens with zero attached hydrogens (tertiary/aromatic N) is 2. The molecule has 0 spiro atoms. The normalized spacial score (nSPS) is 25.6. The SMILES string of the molecule is CCc1cc2c(NCC(=O)NC(C)C3CC4CCC3C4)nc(C)nc2s1. The van der Waals surface area contributed by atoms with Gasteiger partial charge in [0.05, 0.1) is 11.9 Å². The average molecular weight is 373 g/mol. The van der Waals surface area contributed by atoms with Crippen LogP contribution >= 0.6 is 11.3 Å². The number of aromatic nitrogens is 2. The molecule has 140 valence electrons.